The van der Waals surface area contributed by atoms with Gasteiger partial charge in [0.1, 0.15) is 11.8 Å². The molecule has 0 spiro atoms. The summed E-state index contributed by atoms with van der Waals surface area (Å²) in [4.78, 5) is 30.2. The Hall–Kier alpha value is -2.93. The molecule has 1 amide bonds. The number of aliphatic hydroxyl groups is 1. The van der Waals surface area contributed by atoms with Crippen molar-refractivity contribution in [3.05, 3.63) is 59.7 Å². The SMILES string of the molecule is COC(=O)[C@H](Cc1ccccc1)NC(=O)CO/N=C1/C=C[C@@]2(C)C(=C1)CC[C@@H]1[C@H]2CC[C@@]2(C)[C@@H]1CC[C@]2(C)O. The van der Waals surface area contributed by atoms with Crippen LogP contribution in [0.2, 0.25) is 0 Å². The Labute approximate surface area is 231 Å². The monoisotopic (exact) mass is 534 g/mol. The van der Waals surface area contributed by atoms with Crippen LogP contribution in [0.15, 0.2) is 59.3 Å². The molecule has 3 saturated carbocycles. The number of methoxy groups -OCH3 is 1. The fourth-order valence-corrected chi connectivity index (χ4v) is 8.09. The summed E-state index contributed by atoms with van der Waals surface area (Å²) < 4.78 is 4.87. The summed E-state index contributed by atoms with van der Waals surface area (Å²) in [6.45, 7) is 6.43. The van der Waals surface area contributed by atoms with Gasteiger partial charge in [0.2, 0.25) is 0 Å². The zero-order valence-electron chi connectivity index (χ0n) is 23.6. The number of rotatable bonds is 7. The number of amides is 1. The summed E-state index contributed by atoms with van der Waals surface area (Å²) in [5.74, 6) is 0.833. The van der Waals surface area contributed by atoms with Gasteiger partial charge < -0.3 is 20.0 Å². The molecule has 1 aromatic rings. The Morgan fingerprint density at radius 3 is 2.59 bits per heavy atom. The van der Waals surface area contributed by atoms with Gasteiger partial charge in [-0.2, -0.15) is 0 Å². The van der Waals surface area contributed by atoms with Gasteiger partial charge >= 0.3 is 5.97 Å². The topological polar surface area (TPSA) is 97.2 Å². The Kier molecular flexibility index (Phi) is 7.49. The summed E-state index contributed by atoms with van der Waals surface area (Å²) in [6, 6.07) is 8.68. The average molecular weight is 535 g/mol. The molecule has 0 radical (unpaired) electrons. The van der Waals surface area contributed by atoms with E-state index in [1.165, 1.54) is 12.7 Å². The number of fused-ring (bicyclic) bond motifs is 5. The molecule has 3 fully saturated rings. The van der Waals surface area contributed by atoms with Crippen LogP contribution in [0.3, 0.4) is 0 Å². The number of ether oxygens (including phenoxy) is 1. The van der Waals surface area contributed by atoms with E-state index < -0.39 is 23.5 Å². The van der Waals surface area contributed by atoms with Crippen LogP contribution in [0.25, 0.3) is 0 Å². The quantitative estimate of drug-likeness (QED) is 0.389. The third-order valence-corrected chi connectivity index (χ3v) is 10.6. The number of hydrogen-bond acceptors (Lipinski definition) is 6. The van der Waals surface area contributed by atoms with Crippen molar-refractivity contribution >= 4 is 17.6 Å². The fourth-order valence-electron chi connectivity index (χ4n) is 8.09. The van der Waals surface area contributed by atoms with E-state index in [4.69, 9.17) is 9.57 Å². The molecule has 2 N–H and O–H groups in total. The van der Waals surface area contributed by atoms with E-state index >= 15 is 0 Å². The number of nitrogens with one attached hydrogen (secondary N) is 1. The lowest BCUT2D eigenvalue weighted by Crippen LogP contribution is -2.53. The molecular weight excluding hydrogens is 492 g/mol. The number of allylic oxidation sites excluding steroid dienone is 4. The summed E-state index contributed by atoms with van der Waals surface area (Å²) in [7, 11) is 1.31. The molecule has 0 saturated heterocycles. The van der Waals surface area contributed by atoms with Crippen LogP contribution in [0.1, 0.15) is 64.9 Å². The molecule has 39 heavy (non-hydrogen) atoms. The minimum Gasteiger partial charge on any atom is -0.467 e. The summed E-state index contributed by atoms with van der Waals surface area (Å²) in [5.41, 5.74) is 2.43. The predicted molar refractivity (Wildman–Crippen MR) is 150 cm³/mol. The number of oxime groups is 1. The van der Waals surface area contributed by atoms with Crippen molar-refractivity contribution in [1.82, 2.24) is 5.32 Å². The molecule has 7 heteroatoms. The molecule has 0 heterocycles. The van der Waals surface area contributed by atoms with Gasteiger partial charge in [-0.3, -0.25) is 4.79 Å². The number of carbonyl (C=O) groups is 2. The molecule has 0 bridgehead atoms. The standard InChI is InChI=1S/C32H42N2O5/c1-30-15-12-23(34-39-20-28(35)33-27(29(36)38-4)18-21-8-6-5-7-9-21)19-22(30)10-11-24-25(30)13-16-31(2)26(24)14-17-32(31,3)37/h5-9,12,15,19,24-27,37H,10-11,13-14,16-18,20H2,1-4H3,(H,33,35)/b34-23-/t24-,25-,26-,27+,30+,31+,32+/m1/s1. The highest BCUT2D eigenvalue weighted by Crippen LogP contribution is 2.66. The second kappa shape index (κ2) is 10.6. The number of carbonyl (C=O) groups excluding carboxylic acids is 2. The first-order chi connectivity index (χ1) is 18.6. The molecule has 4 aliphatic rings. The maximum Gasteiger partial charge on any atom is 0.328 e. The first kappa shape index (κ1) is 27.6. The zero-order chi connectivity index (χ0) is 27.8. The van der Waals surface area contributed by atoms with Gasteiger partial charge in [-0.25, -0.2) is 4.79 Å². The highest BCUT2D eigenvalue weighted by Gasteiger charge is 2.61. The van der Waals surface area contributed by atoms with Crippen molar-refractivity contribution in [1.29, 1.82) is 0 Å². The summed E-state index contributed by atoms with van der Waals surface area (Å²) in [6.07, 6.45) is 13.1. The van der Waals surface area contributed by atoms with E-state index in [0.717, 1.165) is 44.1 Å². The highest BCUT2D eigenvalue weighted by atomic mass is 16.6. The van der Waals surface area contributed by atoms with Crippen LogP contribution in [-0.4, -0.2) is 48.1 Å². The second-order valence-corrected chi connectivity index (χ2v) is 12.6. The van der Waals surface area contributed by atoms with E-state index in [1.807, 2.05) is 43.3 Å². The Morgan fingerprint density at radius 2 is 1.85 bits per heavy atom. The van der Waals surface area contributed by atoms with Gasteiger partial charge in [0, 0.05) is 11.8 Å². The van der Waals surface area contributed by atoms with Crippen molar-refractivity contribution in [2.75, 3.05) is 13.7 Å². The Balaban J connectivity index is 1.20. The molecule has 5 rings (SSSR count). The maximum atomic E-state index is 12.5. The van der Waals surface area contributed by atoms with Crippen molar-refractivity contribution in [2.24, 2.45) is 33.7 Å². The lowest BCUT2D eigenvalue weighted by Gasteiger charge is -2.58. The fraction of sp³-hybridized carbons (Fsp3) is 0.594. The molecule has 0 aliphatic heterocycles. The van der Waals surface area contributed by atoms with Gasteiger partial charge in [0.25, 0.3) is 5.91 Å². The van der Waals surface area contributed by atoms with E-state index in [9.17, 15) is 14.7 Å². The summed E-state index contributed by atoms with van der Waals surface area (Å²) in [5, 5.41) is 18.1. The Bertz CT molecular complexity index is 1190. The van der Waals surface area contributed by atoms with Crippen molar-refractivity contribution < 1.29 is 24.3 Å². The van der Waals surface area contributed by atoms with Crippen molar-refractivity contribution in [3.63, 3.8) is 0 Å². The molecule has 7 nitrogen and oxygen atoms in total. The number of nitrogens with zero attached hydrogens (tertiary/aromatic N) is 1. The van der Waals surface area contributed by atoms with Gasteiger partial charge in [-0.15, -0.1) is 0 Å². The normalized spacial score (nSPS) is 36.7. The smallest absolute Gasteiger partial charge is 0.328 e. The average Bonchev–Trinajstić information content (AvgIpc) is 3.17. The lowest BCUT2D eigenvalue weighted by atomic mass is 9.47. The maximum absolute atomic E-state index is 12.5. The second-order valence-electron chi connectivity index (χ2n) is 12.6. The van der Waals surface area contributed by atoms with E-state index in [0.29, 0.717) is 29.9 Å². The highest BCUT2D eigenvalue weighted by molar-refractivity contribution is 6.05. The zero-order valence-corrected chi connectivity index (χ0v) is 23.6. The van der Waals surface area contributed by atoms with Crippen LogP contribution in [-0.2, 0) is 25.6 Å². The van der Waals surface area contributed by atoms with Gasteiger partial charge in [-0.05, 0) is 86.3 Å². The van der Waals surface area contributed by atoms with Crippen molar-refractivity contribution in [3.8, 4) is 0 Å². The number of esters is 1. The molecule has 1 aromatic carbocycles. The van der Waals surface area contributed by atoms with Crippen molar-refractivity contribution in [2.45, 2.75) is 77.4 Å². The molecule has 210 valence electrons. The number of benzene rings is 1. The predicted octanol–water partition coefficient (Wildman–Crippen LogP) is 4.75. The van der Waals surface area contributed by atoms with Crippen LogP contribution < -0.4 is 5.32 Å². The van der Waals surface area contributed by atoms with Crippen LogP contribution in [0.5, 0.6) is 0 Å². The lowest BCUT2D eigenvalue weighted by molar-refractivity contribution is -0.145. The van der Waals surface area contributed by atoms with E-state index in [-0.39, 0.29) is 17.4 Å². The van der Waals surface area contributed by atoms with E-state index in [2.05, 4.69) is 36.5 Å². The molecule has 7 atom stereocenters. The van der Waals surface area contributed by atoms with Gasteiger partial charge in [0.05, 0.1) is 12.7 Å². The third-order valence-electron chi connectivity index (χ3n) is 10.6. The first-order valence-corrected chi connectivity index (χ1v) is 14.3. The third kappa shape index (κ3) is 5.06. The molecule has 0 aromatic heterocycles. The van der Waals surface area contributed by atoms with Crippen LogP contribution >= 0.6 is 0 Å². The van der Waals surface area contributed by atoms with Crippen LogP contribution in [0.4, 0.5) is 0 Å². The minimum absolute atomic E-state index is 0.0130. The van der Waals surface area contributed by atoms with E-state index in [1.54, 1.807) is 0 Å². The molecular formula is C32H42N2O5. The number of hydrogen-bond donors (Lipinski definition) is 2. The largest absolute Gasteiger partial charge is 0.467 e. The van der Waals surface area contributed by atoms with Crippen LogP contribution in [0, 0.1) is 28.6 Å². The minimum atomic E-state index is -0.797. The first-order valence-electron chi connectivity index (χ1n) is 14.3. The van der Waals surface area contributed by atoms with Gasteiger partial charge in [-0.1, -0.05) is 61.0 Å². The molecule has 0 unspecified atom stereocenters. The van der Waals surface area contributed by atoms with Gasteiger partial charge in [0.15, 0.2) is 6.61 Å². The summed E-state index contributed by atoms with van der Waals surface area (Å²) >= 11 is 0. The molecule has 4 aliphatic carbocycles. The Morgan fingerprint density at radius 1 is 1.10 bits per heavy atom.